The first kappa shape index (κ1) is 8.52. The molecule has 2 fully saturated rings. The first-order valence-corrected chi connectivity index (χ1v) is 5.31. The van der Waals surface area contributed by atoms with E-state index in [0.29, 0.717) is 0 Å². The van der Waals surface area contributed by atoms with Crippen LogP contribution in [0.4, 0.5) is 0 Å². The molecule has 0 radical (unpaired) electrons. The van der Waals surface area contributed by atoms with Crippen molar-refractivity contribution in [2.45, 2.75) is 26.3 Å². The lowest BCUT2D eigenvalue weighted by Gasteiger charge is -2.25. The molecule has 0 aromatic heterocycles. The Morgan fingerprint density at radius 3 is 2.83 bits per heavy atom. The van der Waals surface area contributed by atoms with Crippen molar-refractivity contribution in [3.8, 4) is 0 Å². The average molecular weight is 168 g/mol. The van der Waals surface area contributed by atoms with Gasteiger partial charge in [0, 0.05) is 12.6 Å². The lowest BCUT2D eigenvalue weighted by atomic mass is 9.93. The van der Waals surface area contributed by atoms with E-state index in [1.54, 1.807) is 0 Å². The second-order valence-corrected chi connectivity index (χ2v) is 4.15. The Morgan fingerprint density at radius 1 is 1.33 bits per heavy atom. The molecule has 2 saturated heterocycles. The van der Waals surface area contributed by atoms with Crippen LogP contribution in [0.15, 0.2) is 0 Å². The average Bonchev–Trinajstić information content (AvgIpc) is 2.61. The third-order valence-electron chi connectivity index (χ3n) is 3.65. The normalized spacial score (nSPS) is 42.0. The van der Waals surface area contributed by atoms with Gasteiger partial charge in [0.05, 0.1) is 0 Å². The zero-order valence-electron chi connectivity index (χ0n) is 8.21. The Labute approximate surface area is 75.3 Å². The summed E-state index contributed by atoms with van der Waals surface area (Å²) in [6, 6.07) is 0.870. The summed E-state index contributed by atoms with van der Waals surface area (Å²) in [6.07, 6.45) is 1.33. The molecule has 0 amide bonds. The van der Waals surface area contributed by atoms with Gasteiger partial charge in [0.2, 0.25) is 0 Å². The predicted molar refractivity (Wildman–Crippen MR) is 51.2 cm³/mol. The maximum atomic E-state index is 3.51. The fraction of sp³-hybridized carbons (Fsp3) is 1.00. The highest BCUT2D eigenvalue weighted by molar-refractivity contribution is 4.97. The quantitative estimate of drug-likeness (QED) is 0.660. The second-order valence-electron chi connectivity index (χ2n) is 4.15. The Bertz CT molecular complexity index is 158. The molecule has 0 bridgehead atoms. The molecular formula is C10H20N2. The van der Waals surface area contributed by atoms with Crippen LogP contribution >= 0.6 is 0 Å². The van der Waals surface area contributed by atoms with Crippen LogP contribution in [0.3, 0.4) is 0 Å². The maximum absolute atomic E-state index is 3.51. The van der Waals surface area contributed by atoms with Gasteiger partial charge >= 0.3 is 0 Å². The number of hydrogen-bond acceptors (Lipinski definition) is 2. The van der Waals surface area contributed by atoms with Gasteiger partial charge in [0.1, 0.15) is 0 Å². The van der Waals surface area contributed by atoms with Crippen molar-refractivity contribution in [2.24, 2.45) is 11.8 Å². The molecule has 0 aromatic carbocycles. The molecule has 2 rings (SSSR count). The van der Waals surface area contributed by atoms with Crippen LogP contribution in [0.5, 0.6) is 0 Å². The molecule has 0 saturated carbocycles. The number of nitrogens with one attached hydrogen (secondary N) is 1. The third kappa shape index (κ3) is 1.17. The van der Waals surface area contributed by atoms with Gasteiger partial charge in [-0.15, -0.1) is 0 Å². The monoisotopic (exact) mass is 168 g/mol. The Hall–Kier alpha value is -0.0800. The zero-order valence-corrected chi connectivity index (χ0v) is 8.21. The van der Waals surface area contributed by atoms with Gasteiger partial charge in [0.25, 0.3) is 0 Å². The molecule has 2 aliphatic rings. The fourth-order valence-electron chi connectivity index (χ4n) is 3.04. The van der Waals surface area contributed by atoms with Gasteiger partial charge in [-0.1, -0.05) is 13.8 Å². The summed E-state index contributed by atoms with van der Waals surface area (Å²) in [7, 11) is 0. The summed E-state index contributed by atoms with van der Waals surface area (Å²) >= 11 is 0. The molecule has 12 heavy (non-hydrogen) atoms. The van der Waals surface area contributed by atoms with Gasteiger partial charge in [-0.25, -0.2) is 0 Å². The van der Waals surface area contributed by atoms with E-state index in [9.17, 15) is 0 Å². The van der Waals surface area contributed by atoms with Crippen molar-refractivity contribution in [1.82, 2.24) is 10.2 Å². The molecule has 70 valence electrons. The lowest BCUT2D eigenvalue weighted by molar-refractivity contribution is 0.229. The van der Waals surface area contributed by atoms with Crippen molar-refractivity contribution < 1.29 is 0 Å². The molecule has 3 unspecified atom stereocenters. The summed E-state index contributed by atoms with van der Waals surface area (Å²) in [6.45, 7) is 9.72. The first-order chi connectivity index (χ1) is 5.86. The van der Waals surface area contributed by atoms with E-state index in [-0.39, 0.29) is 0 Å². The van der Waals surface area contributed by atoms with E-state index in [4.69, 9.17) is 0 Å². The van der Waals surface area contributed by atoms with Crippen LogP contribution in [-0.4, -0.2) is 37.1 Å². The summed E-state index contributed by atoms with van der Waals surface area (Å²) in [4.78, 5) is 2.66. The van der Waals surface area contributed by atoms with Gasteiger partial charge in [-0.3, -0.25) is 4.90 Å². The van der Waals surface area contributed by atoms with Crippen LogP contribution in [0.1, 0.15) is 20.3 Å². The lowest BCUT2D eigenvalue weighted by Crippen LogP contribution is -2.34. The van der Waals surface area contributed by atoms with E-state index in [1.165, 1.54) is 32.6 Å². The van der Waals surface area contributed by atoms with Crippen molar-refractivity contribution in [3.63, 3.8) is 0 Å². The van der Waals surface area contributed by atoms with Crippen LogP contribution in [-0.2, 0) is 0 Å². The highest BCUT2D eigenvalue weighted by Gasteiger charge is 2.42. The summed E-state index contributed by atoms with van der Waals surface area (Å²) in [5.74, 6) is 1.91. The van der Waals surface area contributed by atoms with Crippen molar-refractivity contribution >= 4 is 0 Å². The van der Waals surface area contributed by atoms with Crippen molar-refractivity contribution in [2.75, 3.05) is 26.2 Å². The van der Waals surface area contributed by atoms with Gasteiger partial charge in [-0.05, 0) is 37.9 Å². The first-order valence-electron chi connectivity index (χ1n) is 5.31. The molecule has 2 aliphatic heterocycles. The molecule has 2 heterocycles. The van der Waals surface area contributed by atoms with Gasteiger partial charge in [-0.2, -0.15) is 0 Å². The van der Waals surface area contributed by atoms with Crippen LogP contribution < -0.4 is 5.32 Å². The van der Waals surface area contributed by atoms with Gasteiger partial charge < -0.3 is 5.32 Å². The second kappa shape index (κ2) is 3.35. The molecule has 3 atom stereocenters. The van der Waals surface area contributed by atoms with E-state index in [2.05, 4.69) is 24.1 Å². The Balaban J connectivity index is 2.05. The van der Waals surface area contributed by atoms with E-state index in [1.807, 2.05) is 0 Å². The van der Waals surface area contributed by atoms with Gasteiger partial charge in [0.15, 0.2) is 0 Å². The highest BCUT2D eigenvalue weighted by atomic mass is 15.2. The predicted octanol–water partition coefficient (Wildman–Crippen LogP) is 0.936. The number of likely N-dealkylation sites (tertiary alicyclic amines) is 1. The standard InChI is InChI=1S/C10H20N2/c1-3-10-9-6-11-5-8(9)7-12(10)4-2/h8-11H,3-7H2,1-2H3. The number of rotatable bonds is 2. The highest BCUT2D eigenvalue weighted by Crippen LogP contribution is 2.33. The van der Waals surface area contributed by atoms with Crippen LogP contribution in [0.2, 0.25) is 0 Å². The summed E-state index contributed by atoms with van der Waals surface area (Å²) < 4.78 is 0. The molecule has 0 spiro atoms. The largest absolute Gasteiger partial charge is 0.316 e. The van der Waals surface area contributed by atoms with Crippen molar-refractivity contribution in [3.05, 3.63) is 0 Å². The molecule has 0 aromatic rings. The minimum Gasteiger partial charge on any atom is -0.316 e. The zero-order chi connectivity index (χ0) is 8.55. The smallest absolute Gasteiger partial charge is 0.0137 e. The molecule has 1 N–H and O–H groups in total. The SMILES string of the molecule is CCC1C2CNCC2CN1CC. The van der Waals surface area contributed by atoms with E-state index in [0.717, 1.165) is 17.9 Å². The van der Waals surface area contributed by atoms with Crippen LogP contribution in [0, 0.1) is 11.8 Å². The maximum Gasteiger partial charge on any atom is 0.0137 e. The van der Waals surface area contributed by atoms with E-state index >= 15 is 0 Å². The summed E-state index contributed by atoms with van der Waals surface area (Å²) in [5.41, 5.74) is 0. The Kier molecular flexibility index (Phi) is 2.37. The Morgan fingerprint density at radius 2 is 2.17 bits per heavy atom. The molecule has 0 aliphatic carbocycles. The number of nitrogens with zero attached hydrogens (tertiary/aromatic N) is 1. The molecular weight excluding hydrogens is 148 g/mol. The minimum atomic E-state index is 0.870. The number of fused-ring (bicyclic) bond motifs is 1. The van der Waals surface area contributed by atoms with Crippen molar-refractivity contribution in [1.29, 1.82) is 0 Å². The molecule has 2 heteroatoms. The summed E-state index contributed by atoms with van der Waals surface area (Å²) in [5, 5.41) is 3.51. The third-order valence-corrected chi connectivity index (χ3v) is 3.65. The topological polar surface area (TPSA) is 15.3 Å². The number of hydrogen-bond donors (Lipinski definition) is 1. The van der Waals surface area contributed by atoms with E-state index < -0.39 is 0 Å². The fourth-order valence-corrected chi connectivity index (χ4v) is 3.04. The molecule has 2 nitrogen and oxygen atoms in total. The van der Waals surface area contributed by atoms with Crippen LogP contribution in [0.25, 0.3) is 0 Å². The minimum absolute atomic E-state index is 0.870.